The first-order valence-corrected chi connectivity index (χ1v) is 5.04. The van der Waals surface area contributed by atoms with E-state index in [1.165, 1.54) is 6.42 Å². The molecule has 0 saturated heterocycles. The molecule has 1 fully saturated rings. The summed E-state index contributed by atoms with van der Waals surface area (Å²) in [6, 6.07) is 0. The summed E-state index contributed by atoms with van der Waals surface area (Å²) in [7, 11) is 0. The molecular formula is C11H20O. The van der Waals surface area contributed by atoms with Crippen molar-refractivity contribution in [3.63, 3.8) is 0 Å². The van der Waals surface area contributed by atoms with E-state index in [1.807, 2.05) is 0 Å². The molecule has 0 aromatic heterocycles. The summed E-state index contributed by atoms with van der Waals surface area (Å²) in [5.41, 5.74) is -0.327. The lowest BCUT2D eigenvalue weighted by Crippen LogP contribution is -2.22. The van der Waals surface area contributed by atoms with Crippen molar-refractivity contribution in [3.8, 4) is 0 Å². The lowest BCUT2D eigenvalue weighted by atomic mass is 9.96. The highest BCUT2D eigenvalue weighted by Crippen LogP contribution is 2.38. The van der Waals surface area contributed by atoms with E-state index < -0.39 is 0 Å². The summed E-state index contributed by atoms with van der Waals surface area (Å²) in [4.78, 5) is 0. The molecule has 0 radical (unpaired) electrons. The molecule has 1 N–H and O–H groups in total. The van der Waals surface area contributed by atoms with Gasteiger partial charge in [-0.25, -0.2) is 0 Å². The van der Waals surface area contributed by atoms with Gasteiger partial charge in [0.1, 0.15) is 0 Å². The van der Waals surface area contributed by atoms with Gasteiger partial charge < -0.3 is 5.11 Å². The van der Waals surface area contributed by atoms with Crippen LogP contribution >= 0.6 is 0 Å². The molecule has 0 heterocycles. The Morgan fingerprint density at radius 1 is 1.58 bits per heavy atom. The van der Waals surface area contributed by atoms with Crippen molar-refractivity contribution in [2.24, 2.45) is 5.92 Å². The van der Waals surface area contributed by atoms with Gasteiger partial charge in [0.2, 0.25) is 0 Å². The van der Waals surface area contributed by atoms with E-state index in [2.05, 4.69) is 26.0 Å². The van der Waals surface area contributed by atoms with Gasteiger partial charge in [0.15, 0.2) is 0 Å². The van der Waals surface area contributed by atoms with Crippen molar-refractivity contribution in [3.05, 3.63) is 12.2 Å². The van der Waals surface area contributed by atoms with Crippen LogP contribution in [0.15, 0.2) is 12.2 Å². The van der Waals surface area contributed by atoms with Crippen molar-refractivity contribution in [1.82, 2.24) is 0 Å². The monoisotopic (exact) mass is 168 g/mol. The Hall–Kier alpha value is -0.300. The van der Waals surface area contributed by atoms with Crippen LogP contribution in [0.5, 0.6) is 0 Å². The Balaban J connectivity index is 2.35. The molecule has 0 bridgehead atoms. The second-order valence-electron chi connectivity index (χ2n) is 3.99. The first-order chi connectivity index (χ1) is 5.70. The Bertz CT molecular complexity index is 162. The maximum atomic E-state index is 9.95. The fourth-order valence-corrected chi connectivity index (χ4v) is 2.07. The van der Waals surface area contributed by atoms with Crippen molar-refractivity contribution in [1.29, 1.82) is 0 Å². The molecule has 12 heavy (non-hydrogen) atoms. The van der Waals surface area contributed by atoms with E-state index in [0.29, 0.717) is 0 Å². The summed E-state index contributed by atoms with van der Waals surface area (Å²) < 4.78 is 0. The molecule has 0 spiro atoms. The minimum Gasteiger partial charge on any atom is -0.390 e. The van der Waals surface area contributed by atoms with Crippen LogP contribution in [0.4, 0.5) is 0 Å². The third-order valence-electron chi connectivity index (χ3n) is 3.05. The van der Waals surface area contributed by atoms with Gasteiger partial charge in [-0.3, -0.25) is 0 Å². The van der Waals surface area contributed by atoms with Gasteiger partial charge in [0.25, 0.3) is 0 Å². The van der Waals surface area contributed by atoms with E-state index in [-0.39, 0.29) is 5.60 Å². The van der Waals surface area contributed by atoms with Gasteiger partial charge in [-0.1, -0.05) is 19.1 Å². The minimum atomic E-state index is -0.327. The van der Waals surface area contributed by atoms with E-state index in [1.54, 1.807) is 0 Å². The standard InChI is InChI=1S/C11H20O/c1-3-5-6-10-7-8-11(12,4-2)9-10/h3,5,10,12H,4,6-9H2,1-2H3/b5-3-/t10?,11-/m0/s1. The molecule has 1 saturated carbocycles. The number of aliphatic hydroxyl groups is 1. The Labute approximate surface area is 75.5 Å². The van der Waals surface area contributed by atoms with Crippen LogP contribution < -0.4 is 0 Å². The van der Waals surface area contributed by atoms with Gasteiger partial charge in [-0.2, -0.15) is 0 Å². The molecule has 1 aliphatic rings. The number of rotatable bonds is 3. The van der Waals surface area contributed by atoms with Gasteiger partial charge in [-0.15, -0.1) is 0 Å². The molecule has 0 aromatic rings. The van der Waals surface area contributed by atoms with Crippen LogP contribution in [0.25, 0.3) is 0 Å². The average molecular weight is 168 g/mol. The van der Waals surface area contributed by atoms with Crippen molar-refractivity contribution < 1.29 is 5.11 Å². The van der Waals surface area contributed by atoms with Crippen LogP contribution in [-0.4, -0.2) is 10.7 Å². The smallest absolute Gasteiger partial charge is 0.0648 e. The van der Waals surface area contributed by atoms with Crippen molar-refractivity contribution in [2.75, 3.05) is 0 Å². The van der Waals surface area contributed by atoms with E-state index in [4.69, 9.17) is 0 Å². The summed E-state index contributed by atoms with van der Waals surface area (Å²) in [6.45, 7) is 4.14. The highest BCUT2D eigenvalue weighted by Gasteiger charge is 2.34. The second kappa shape index (κ2) is 4.08. The molecule has 0 amide bonds. The first-order valence-electron chi connectivity index (χ1n) is 5.04. The lowest BCUT2D eigenvalue weighted by molar-refractivity contribution is 0.0397. The van der Waals surface area contributed by atoms with E-state index >= 15 is 0 Å². The van der Waals surface area contributed by atoms with Gasteiger partial charge in [0, 0.05) is 0 Å². The molecule has 1 heteroatoms. The van der Waals surface area contributed by atoms with Crippen LogP contribution in [0, 0.1) is 5.92 Å². The Kier molecular flexibility index (Phi) is 3.33. The normalized spacial score (nSPS) is 36.4. The second-order valence-corrected chi connectivity index (χ2v) is 3.99. The molecular weight excluding hydrogens is 148 g/mol. The minimum absolute atomic E-state index is 0.327. The average Bonchev–Trinajstić information content (AvgIpc) is 2.45. The fraction of sp³-hybridized carbons (Fsp3) is 0.818. The third-order valence-corrected chi connectivity index (χ3v) is 3.05. The Morgan fingerprint density at radius 3 is 2.83 bits per heavy atom. The highest BCUT2D eigenvalue weighted by molar-refractivity contribution is 4.91. The van der Waals surface area contributed by atoms with Crippen molar-refractivity contribution >= 4 is 0 Å². The summed E-state index contributed by atoms with van der Waals surface area (Å²) in [5.74, 6) is 0.728. The predicted molar refractivity (Wildman–Crippen MR) is 52.0 cm³/mol. The molecule has 1 nitrogen and oxygen atoms in total. The molecule has 0 aromatic carbocycles. The zero-order valence-electron chi connectivity index (χ0n) is 8.21. The Morgan fingerprint density at radius 2 is 2.33 bits per heavy atom. The third kappa shape index (κ3) is 2.34. The number of allylic oxidation sites excluding steroid dienone is 2. The topological polar surface area (TPSA) is 20.2 Å². The highest BCUT2D eigenvalue weighted by atomic mass is 16.3. The summed E-state index contributed by atoms with van der Waals surface area (Å²) in [5, 5.41) is 9.95. The van der Waals surface area contributed by atoms with Gasteiger partial charge >= 0.3 is 0 Å². The quantitative estimate of drug-likeness (QED) is 0.642. The molecule has 1 rings (SSSR count). The predicted octanol–water partition coefficient (Wildman–Crippen LogP) is 2.89. The molecule has 2 atom stereocenters. The fourth-order valence-electron chi connectivity index (χ4n) is 2.07. The number of hydrogen-bond acceptors (Lipinski definition) is 1. The molecule has 1 aliphatic carbocycles. The van der Waals surface area contributed by atoms with Crippen LogP contribution in [0.1, 0.15) is 46.0 Å². The van der Waals surface area contributed by atoms with Crippen LogP contribution in [0.3, 0.4) is 0 Å². The van der Waals surface area contributed by atoms with Crippen LogP contribution in [0.2, 0.25) is 0 Å². The number of hydrogen-bond donors (Lipinski definition) is 1. The molecule has 0 aliphatic heterocycles. The molecule has 1 unspecified atom stereocenters. The lowest BCUT2D eigenvalue weighted by Gasteiger charge is -2.19. The van der Waals surface area contributed by atoms with Gasteiger partial charge in [-0.05, 0) is 44.9 Å². The van der Waals surface area contributed by atoms with E-state index in [0.717, 1.165) is 31.6 Å². The van der Waals surface area contributed by atoms with Gasteiger partial charge in [0.05, 0.1) is 5.60 Å². The largest absolute Gasteiger partial charge is 0.390 e. The molecule has 70 valence electrons. The van der Waals surface area contributed by atoms with E-state index in [9.17, 15) is 5.11 Å². The zero-order chi connectivity index (χ0) is 9.03. The summed E-state index contributed by atoms with van der Waals surface area (Å²) >= 11 is 0. The van der Waals surface area contributed by atoms with Crippen molar-refractivity contribution in [2.45, 2.75) is 51.6 Å². The summed E-state index contributed by atoms with van der Waals surface area (Å²) in [6.07, 6.45) is 9.60. The maximum Gasteiger partial charge on any atom is 0.0648 e. The zero-order valence-corrected chi connectivity index (χ0v) is 8.21. The SMILES string of the molecule is C/C=C\CC1CC[C@@](O)(CC)C1. The first kappa shape index (κ1) is 9.79. The maximum absolute atomic E-state index is 9.95. The van der Waals surface area contributed by atoms with Crippen LogP contribution in [-0.2, 0) is 0 Å².